The molecule has 15 aromatic carbocycles. The number of benzene rings is 13. The summed E-state index contributed by atoms with van der Waals surface area (Å²) in [5.74, 6) is 0. The van der Waals surface area contributed by atoms with Crippen molar-refractivity contribution in [2.75, 3.05) is 4.90 Å². The van der Waals surface area contributed by atoms with Crippen LogP contribution in [0.5, 0.6) is 0 Å². The zero-order chi connectivity index (χ0) is 42.3. The van der Waals surface area contributed by atoms with Crippen molar-refractivity contribution in [3.8, 4) is 22.3 Å². The van der Waals surface area contributed by atoms with Gasteiger partial charge in [0.05, 0.1) is 5.69 Å². The maximum atomic E-state index is 2.45. The van der Waals surface area contributed by atoms with E-state index in [2.05, 4.69) is 229 Å². The highest BCUT2D eigenvalue weighted by molar-refractivity contribution is 6.49. The van der Waals surface area contributed by atoms with Crippen molar-refractivity contribution in [2.45, 2.75) is 0 Å². The van der Waals surface area contributed by atoms with Crippen molar-refractivity contribution >= 4 is 125 Å². The van der Waals surface area contributed by atoms with Crippen molar-refractivity contribution in [3.05, 3.63) is 224 Å². The molecular weight excluding hydrogens is 783 g/mol. The van der Waals surface area contributed by atoms with Gasteiger partial charge in [-0.25, -0.2) is 0 Å². The average molecular weight is 820 g/mol. The smallest absolute Gasteiger partial charge is 0.0540 e. The van der Waals surface area contributed by atoms with Crippen molar-refractivity contribution in [3.63, 3.8) is 0 Å². The maximum Gasteiger partial charge on any atom is 0.0540 e. The summed E-state index contributed by atoms with van der Waals surface area (Å²) in [4.78, 5) is 2.45. The van der Waals surface area contributed by atoms with E-state index in [0.717, 1.165) is 17.1 Å². The Bertz CT molecular complexity index is 4200. The van der Waals surface area contributed by atoms with Crippen molar-refractivity contribution in [1.82, 2.24) is 0 Å². The van der Waals surface area contributed by atoms with Gasteiger partial charge in [-0.1, -0.05) is 194 Å². The van der Waals surface area contributed by atoms with Gasteiger partial charge in [0.2, 0.25) is 0 Å². The summed E-state index contributed by atoms with van der Waals surface area (Å²) < 4.78 is 0. The normalized spacial score (nSPS) is 12.3. The van der Waals surface area contributed by atoms with Gasteiger partial charge in [0.1, 0.15) is 0 Å². The molecule has 0 heterocycles. The second kappa shape index (κ2) is 13.0. The minimum Gasteiger partial charge on any atom is -0.310 e. The molecule has 15 aromatic rings. The topological polar surface area (TPSA) is 3.24 Å². The summed E-state index contributed by atoms with van der Waals surface area (Å²) in [6.07, 6.45) is 0. The fourth-order valence-electron chi connectivity index (χ4n) is 12.1. The molecule has 0 spiro atoms. The molecule has 0 atom stereocenters. The Balaban J connectivity index is 1.14. The van der Waals surface area contributed by atoms with Gasteiger partial charge in [0.25, 0.3) is 0 Å². The molecule has 1 nitrogen and oxygen atoms in total. The predicted octanol–water partition coefficient (Wildman–Crippen LogP) is 18.3. The van der Waals surface area contributed by atoms with Gasteiger partial charge >= 0.3 is 0 Å². The Morgan fingerprint density at radius 3 is 1.28 bits per heavy atom. The Hall–Kier alpha value is -8.52. The lowest BCUT2D eigenvalue weighted by atomic mass is 9.87. The Morgan fingerprint density at radius 2 is 0.646 bits per heavy atom. The summed E-state index contributed by atoms with van der Waals surface area (Å²) in [5, 5.41) is 26.1. The third-order valence-corrected chi connectivity index (χ3v) is 14.6. The molecule has 298 valence electrons. The van der Waals surface area contributed by atoms with Gasteiger partial charge in [-0.15, -0.1) is 0 Å². The molecule has 0 radical (unpaired) electrons. The molecule has 0 aliphatic rings. The first-order chi connectivity index (χ1) is 32.3. The highest BCUT2D eigenvalue weighted by Gasteiger charge is 2.29. The van der Waals surface area contributed by atoms with Crippen molar-refractivity contribution in [1.29, 1.82) is 0 Å². The first-order valence-corrected chi connectivity index (χ1v) is 22.7. The molecule has 0 N–H and O–H groups in total. The monoisotopic (exact) mass is 819 g/mol. The van der Waals surface area contributed by atoms with Crippen LogP contribution in [0, 0.1) is 0 Å². The lowest BCUT2D eigenvalue weighted by Gasteiger charge is -2.27. The van der Waals surface area contributed by atoms with Gasteiger partial charge in [-0.2, -0.15) is 0 Å². The number of para-hydroxylation sites is 1. The Morgan fingerprint density at radius 1 is 0.215 bits per heavy atom. The van der Waals surface area contributed by atoms with Gasteiger partial charge < -0.3 is 4.90 Å². The van der Waals surface area contributed by atoms with Crippen LogP contribution in [-0.4, -0.2) is 0 Å². The van der Waals surface area contributed by atoms with Gasteiger partial charge in [0, 0.05) is 16.8 Å². The van der Waals surface area contributed by atoms with Crippen LogP contribution in [0.25, 0.3) is 130 Å². The van der Waals surface area contributed by atoms with Crippen molar-refractivity contribution in [2.24, 2.45) is 0 Å². The predicted molar refractivity (Wildman–Crippen MR) is 281 cm³/mol. The number of hydrogen-bond donors (Lipinski definition) is 0. The molecule has 0 amide bonds. The van der Waals surface area contributed by atoms with Crippen LogP contribution >= 0.6 is 0 Å². The molecular formula is C64H37N. The Kier molecular flexibility index (Phi) is 7.01. The van der Waals surface area contributed by atoms with Crippen molar-refractivity contribution < 1.29 is 0 Å². The third kappa shape index (κ3) is 4.66. The quantitative estimate of drug-likeness (QED) is 0.123. The lowest BCUT2D eigenvalue weighted by molar-refractivity contribution is 1.31. The van der Waals surface area contributed by atoms with E-state index in [1.807, 2.05) is 0 Å². The molecule has 15 rings (SSSR count). The van der Waals surface area contributed by atoms with Crippen LogP contribution in [0.1, 0.15) is 0 Å². The van der Waals surface area contributed by atoms with E-state index in [4.69, 9.17) is 0 Å². The first-order valence-electron chi connectivity index (χ1n) is 22.7. The zero-order valence-electron chi connectivity index (χ0n) is 35.3. The van der Waals surface area contributed by atoms with Gasteiger partial charge in [0.15, 0.2) is 0 Å². The number of nitrogens with zero attached hydrogens (tertiary/aromatic N) is 1. The van der Waals surface area contributed by atoms with Crippen LogP contribution in [0.4, 0.5) is 17.1 Å². The highest BCUT2D eigenvalue weighted by atomic mass is 15.1. The number of rotatable bonds is 5. The van der Waals surface area contributed by atoms with E-state index >= 15 is 0 Å². The van der Waals surface area contributed by atoms with E-state index in [1.54, 1.807) is 0 Å². The summed E-state index contributed by atoms with van der Waals surface area (Å²) in [7, 11) is 0. The fraction of sp³-hybridized carbons (Fsp3) is 0. The third-order valence-electron chi connectivity index (χ3n) is 14.6. The molecule has 0 aromatic heterocycles. The summed E-state index contributed by atoms with van der Waals surface area (Å²) in [5.41, 5.74) is 8.51. The fourth-order valence-corrected chi connectivity index (χ4v) is 12.1. The summed E-state index contributed by atoms with van der Waals surface area (Å²) in [6.45, 7) is 0. The average Bonchev–Trinajstić information content (AvgIpc) is 3.89. The Labute approximate surface area is 374 Å². The van der Waals surface area contributed by atoms with E-state index in [0.29, 0.717) is 0 Å². The van der Waals surface area contributed by atoms with Crippen LogP contribution in [0.3, 0.4) is 0 Å². The van der Waals surface area contributed by atoms with Crippen LogP contribution < -0.4 is 4.90 Å². The molecule has 0 saturated carbocycles. The van der Waals surface area contributed by atoms with E-state index in [1.165, 1.54) is 130 Å². The highest BCUT2D eigenvalue weighted by Crippen LogP contribution is 2.58. The number of anilines is 3. The molecule has 0 fully saturated rings. The zero-order valence-corrected chi connectivity index (χ0v) is 35.3. The standard InChI is InChI=1S/C64H37N/c1-4-16-40(17-5-1)56-61-50-28-14-27-49-54(65(43-23-8-3-9-24-43)44-30-29-38-15-10-11-20-42(38)37-44)36-35-51(58(49)50)62(61)57(41-18-6-2-7-19-41)64-53-34-32-48-46-26-13-22-39-21-12-25-45(55(39)46)47-31-33-52(63(56)64)60(53)59(47)48/h1-37H. The second-order valence-electron chi connectivity index (χ2n) is 17.8. The molecule has 0 aliphatic carbocycles. The summed E-state index contributed by atoms with van der Waals surface area (Å²) in [6, 6.07) is 83.9. The molecule has 0 unspecified atom stereocenters. The minimum absolute atomic E-state index is 1.13. The molecule has 0 bridgehead atoms. The SMILES string of the molecule is c1ccc(-c2c3c4cccc5c(N(c6ccccc6)c6ccc7ccccc7c6)ccc(c3c(-c3ccccc3)c3c6ccc7c8cccc9cccc(c%10ccc(c23)c6c%107)c98)c54)cc1. The minimum atomic E-state index is 1.13. The second-order valence-corrected chi connectivity index (χ2v) is 17.8. The van der Waals surface area contributed by atoms with E-state index < -0.39 is 0 Å². The largest absolute Gasteiger partial charge is 0.310 e. The molecule has 0 aliphatic heterocycles. The molecule has 0 saturated heterocycles. The van der Waals surface area contributed by atoms with Crippen LogP contribution in [0.2, 0.25) is 0 Å². The summed E-state index contributed by atoms with van der Waals surface area (Å²) >= 11 is 0. The number of hydrogen-bond acceptors (Lipinski definition) is 1. The molecule has 1 heteroatoms. The maximum absolute atomic E-state index is 2.45. The van der Waals surface area contributed by atoms with Gasteiger partial charge in [-0.3, -0.25) is 0 Å². The van der Waals surface area contributed by atoms with E-state index in [-0.39, 0.29) is 0 Å². The number of fused-ring (bicyclic) bond motifs is 9. The lowest BCUT2D eigenvalue weighted by Crippen LogP contribution is -2.10. The molecule has 65 heavy (non-hydrogen) atoms. The van der Waals surface area contributed by atoms with Gasteiger partial charge in [-0.05, 0) is 155 Å². The van der Waals surface area contributed by atoms with E-state index in [9.17, 15) is 0 Å². The van der Waals surface area contributed by atoms with Crippen LogP contribution in [-0.2, 0) is 0 Å². The first kappa shape index (κ1) is 35.0. The van der Waals surface area contributed by atoms with Crippen LogP contribution in [0.15, 0.2) is 224 Å².